The van der Waals surface area contributed by atoms with E-state index in [1.807, 2.05) is 0 Å². The van der Waals surface area contributed by atoms with Gasteiger partial charge in [-0.2, -0.15) is 0 Å². The number of nitrogens with one attached hydrogen (secondary N) is 1. The first-order valence-electron chi connectivity index (χ1n) is 7.50. The second-order valence-corrected chi connectivity index (χ2v) is 5.47. The number of ether oxygens (including phenoxy) is 2. The number of aromatic nitrogens is 4. The van der Waals surface area contributed by atoms with E-state index in [1.54, 1.807) is 23.3 Å². The summed E-state index contributed by atoms with van der Waals surface area (Å²) in [6, 6.07) is 0. The third-order valence-electron chi connectivity index (χ3n) is 3.89. The molecule has 0 radical (unpaired) electrons. The molecule has 23 heavy (non-hydrogen) atoms. The Kier molecular flexibility index (Phi) is 4.91. The lowest BCUT2D eigenvalue weighted by Crippen LogP contribution is -2.24. The van der Waals surface area contributed by atoms with E-state index in [1.165, 1.54) is 0 Å². The Morgan fingerprint density at radius 1 is 1.48 bits per heavy atom. The zero-order valence-electron chi connectivity index (χ0n) is 12.6. The predicted molar refractivity (Wildman–Crippen MR) is 80.2 cm³/mol. The molecule has 9 nitrogen and oxygen atoms in total. The summed E-state index contributed by atoms with van der Waals surface area (Å²) >= 11 is 0. The molecule has 1 fully saturated rings. The molecule has 0 unspecified atom stereocenters. The van der Waals surface area contributed by atoms with E-state index >= 15 is 0 Å². The first-order chi connectivity index (χ1) is 11.2. The highest BCUT2D eigenvalue weighted by Gasteiger charge is 2.36. The minimum Gasteiger partial charge on any atom is -0.394 e. The van der Waals surface area contributed by atoms with Gasteiger partial charge in [-0.1, -0.05) is 0 Å². The summed E-state index contributed by atoms with van der Waals surface area (Å²) < 4.78 is 13.0. The van der Waals surface area contributed by atoms with Gasteiger partial charge >= 0.3 is 0 Å². The topological polar surface area (TPSA) is 131 Å². The largest absolute Gasteiger partial charge is 0.394 e. The molecule has 0 aliphatic carbocycles. The SMILES string of the molecule is Nc1ncc(COCCc2cnc[nH]2)n1[C@@H]1C[C@H](O)[C@@H](CO)O1. The van der Waals surface area contributed by atoms with Crippen LogP contribution in [-0.4, -0.2) is 55.2 Å². The average molecular weight is 323 g/mol. The predicted octanol–water partition coefficient (Wildman–Crippen LogP) is -0.412. The highest BCUT2D eigenvalue weighted by Crippen LogP contribution is 2.31. The van der Waals surface area contributed by atoms with Crippen LogP contribution in [-0.2, 0) is 22.5 Å². The highest BCUT2D eigenvalue weighted by molar-refractivity contribution is 5.23. The molecule has 0 spiro atoms. The van der Waals surface area contributed by atoms with Gasteiger partial charge < -0.3 is 30.4 Å². The zero-order valence-corrected chi connectivity index (χ0v) is 12.6. The standard InChI is InChI=1S/C14H21N5O4/c15-14-17-5-10(7-22-2-1-9-4-16-8-18-9)19(14)13-3-11(21)12(6-20)23-13/h4-5,8,11-13,20-21H,1-3,6-7H2,(H2,15,17)(H,16,18)/t11-,12+,13-/m0/s1. The number of hydrogen-bond acceptors (Lipinski definition) is 7. The van der Waals surface area contributed by atoms with Crippen molar-refractivity contribution in [1.82, 2.24) is 19.5 Å². The second-order valence-electron chi connectivity index (χ2n) is 5.47. The molecule has 3 heterocycles. The molecule has 3 rings (SSSR count). The van der Waals surface area contributed by atoms with Crippen LogP contribution in [0.4, 0.5) is 5.95 Å². The quantitative estimate of drug-likeness (QED) is 0.509. The second kappa shape index (κ2) is 7.09. The van der Waals surface area contributed by atoms with Gasteiger partial charge in [-0.25, -0.2) is 9.97 Å². The van der Waals surface area contributed by atoms with E-state index in [-0.39, 0.29) is 6.61 Å². The Morgan fingerprint density at radius 3 is 3.04 bits per heavy atom. The van der Waals surface area contributed by atoms with Crippen LogP contribution in [0.25, 0.3) is 0 Å². The van der Waals surface area contributed by atoms with Gasteiger partial charge in [-0.3, -0.25) is 4.57 Å². The number of H-pyrrole nitrogens is 1. The molecule has 2 aromatic heterocycles. The van der Waals surface area contributed by atoms with Gasteiger partial charge in [0.05, 0.1) is 44.1 Å². The first-order valence-corrected chi connectivity index (χ1v) is 7.50. The van der Waals surface area contributed by atoms with E-state index < -0.39 is 18.4 Å². The van der Waals surface area contributed by atoms with E-state index in [0.29, 0.717) is 25.6 Å². The minimum atomic E-state index is -0.721. The van der Waals surface area contributed by atoms with E-state index in [0.717, 1.165) is 17.8 Å². The molecule has 126 valence electrons. The van der Waals surface area contributed by atoms with Gasteiger partial charge in [-0.15, -0.1) is 0 Å². The van der Waals surface area contributed by atoms with Crippen LogP contribution in [0.5, 0.6) is 0 Å². The molecule has 3 atom stereocenters. The van der Waals surface area contributed by atoms with Crippen molar-refractivity contribution >= 4 is 5.95 Å². The lowest BCUT2D eigenvalue weighted by molar-refractivity contribution is -0.0457. The van der Waals surface area contributed by atoms with Gasteiger partial charge in [0.2, 0.25) is 5.95 Å². The molecule has 0 bridgehead atoms. The highest BCUT2D eigenvalue weighted by atomic mass is 16.5. The number of nitrogens with two attached hydrogens (primary N) is 1. The van der Waals surface area contributed by atoms with Crippen molar-refractivity contribution in [3.8, 4) is 0 Å². The van der Waals surface area contributed by atoms with Gasteiger partial charge in [0.25, 0.3) is 0 Å². The zero-order chi connectivity index (χ0) is 16.2. The summed E-state index contributed by atoms with van der Waals surface area (Å²) in [4.78, 5) is 11.0. The maximum Gasteiger partial charge on any atom is 0.202 e. The molecule has 0 aromatic carbocycles. The summed E-state index contributed by atoms with van der Waals surface area (Å²) in [6.07, 6.45) is 4.34. The number of imidazole rings is 2. The van der Waals surface area contributed by atoms with Crippen molar-refractivity contribution in [3.05, 3.63) is 30.1 Å². The van der Waals surface area contributed by atoms with Crippen molar-refractivity contribution in [2.24, 2.45) is 0 Å². The van der Waals surface area contributed by atoms with Crippen LogP contribution in [0.3, 0.4) is 0 Å². The van der Waals surface area contributed by atoms with Gasteiger partial charge in [0.15, 0.2) is 0 Å². The van der Waals surface area contributed by atoms with Gasteiger partial charge in [0.1, 0.15) is 12.3 Å². The number of aliphatic hydroxyl groups is 2. The Hall–Kier alpha value is -1.94. The minimum absolute atomic E-state index is 0.234. The summed E-state index contributed by atoms with van der Waals surface area (Å²) in [5.74, 6) is 0.299. The fourth-order valence-electron chi connectivity index (χ4n) is 2.67. The number of nitrogens with zero attached hydrogens (tertiary/aromatic N) is 3. The number of aromatic amines is 1. The molecule has 1 aliphatic rings. The Morgan fingerprint density at radius 2 is 2.35 bits per heavy atom. The average Bonchev–Trinajstić information content (AvgIpc) is 3.24. The molecule has 5 N–H and O–H groups in total. The molecule has 1 saturated heterocycles. The van der Waals surface area contributed by atoms with E-state index in [9.17, 15) is 10.2 Å². The summed E-state index contributed by atoms with van der Waals surface area (Å²) in [6.45, 7) is 0.626. The number of rotatable bonds is 7. The van der Waals surface area contributed by atoms with Crippen molar-refractivity contribution in [3.63, 3.8) is 0 Å². The summed E-state index contributed by atoms with van der Waals surface area (Å²) in [5.41, 5.74) is 7.67. The Bertz CT molecular complexity index is 615. The van der Waals surface area contributed by atoms with Crippen molar-refractivity contribution in [2.75, 3.05) is 18.9 Å². The molecular weight excluding hydrogens is 302 g/mol. The van der Waals surface area contributed by atoms with E-state index in [4.69, 9.17) is 15.2 Å². The van der Waals surface area contributed by atoms with Crippen LogP contribution >= 0.6 is 0 Å². The number of anilines is 1. The fraction of sp³-hybridized carbons (Fsp3) is 0.571. The summed E-state index contributed by atoms with van der Waals surface area (Å²) in [5, 5.41) is 19.0. The fourth-order valence-corrected chi connectivity index (χ4v) is 2.67. The van der Waals surface area contributed by atoms with Crippen LogP contribution in [0.15, 0.2) is 18.7 Å². The van der Waals surface area contributed by atoms with Crippen molar-refractivity contribution in [2.45, 2.75) is 37.9 Å². The number of hydrogen-bond donors (Lipinski definition) is 4. The van der Waals surface area contributed by atoms with Crippen molar-refractivity contribution in [1.29, 1.82) is 0 Å². The summed E-state index contributed by atoms with van der Waals surface area (Å²) in [7, 11) is 0. The molecule has 2 aromatic rings. The van der Waals surface area contributed by atoms with Crippen LogP contribution in [0.1, 0.15) is 24.0 Å². The van der Waals surface area contributed by atoms with Crippen LogP contribution in [0, 0.1) is 0 Å². The van der Waals surface area contributed by atoms with Crippen molar-refractivity contribution < 1.29 is 19.7 Å². The molecule has 0 saturated carbocycles. The van der Waals surface area contributed by atoms with E-state index in [2.05, 4.69) is 15.0 Å². The molecular formula is C14H21N5O4. The number of nitrogen functional groups attached to an aromatic ring is 1. The monoisotopic (exact) mass is 323 g/mol. The lowest BCUT2D eigenvalue weighted by Gasteiger charge is -2.17. The normalized spacial score (nSPS) is 24.3. The van der Waals surface area contributed by atoms with Crippen LogP contribution < -0.4 is 5.73 Å². The Labute approximate surface area is 133 Å². The maximum absolute atomic E-state index is 9.86. The first kappa shape index (κ1) is 15.9. The third kappa shape index (κ3) is 3.53. The third-order valence-corrected chi connectivity index (χ3v) is 3.89. The molecule has 0 amide bonds. The number of aliphatic hydroxyl groups excluding tert-OH is 2. The Balaban J connectivity index is 1.58. The smallest absolute Gasteiger partial charge is 0.202 e. The maximum atomic E-state index is 9.86. The molecule has 1 aliphatic heterocycles. The van der Waals surface area contributed by atoms with Gasteiger partial charge in [0, 0.05) is 24.7 Å². The lowest BCUT2D eigenvalue weighted by atomic mass is 10.2. The molecule has 9 heteroatoms. The van der Waals surface area contributed by atoms with Gasteiger partial charge in [-0.05, 0) is 0 Å². The van der Waals surface area contributed by atoms with Crippen LogP contribution in [0.2, 0.25) is 0 Å².